The number of carboxylic acids is 1. The molecule has 148 valence electrons. The van der Waals surface area contributed by atoms with E-state index >= 15 is 0 Å². The van der Waals surface area contributed by atoms with Gasteiger partial charge in [-0.25, -0.2) is 4.79 Å². The molecule has 2 aliphatic rings. The van der Waals surface area contributed by atoms with Crippen molar-refractivity contribution in [3.8, 4) is 0 Å². The normalized spacial score (nSPS) is 24.8. The van der Waals surface area contributed by atoms with Crippen LogP contribution < -0.4 is 0 Å². The Morgan fingerprint density at radius 3 is 2.44 bits per heavy atom. The summed E-state index contributed by atoms with van der Waals surface area (Å²) in [6, 6.07) is 3.53. The maximum atomic E-state index is 12.5. The van der Waals surface area contributed by atoms with Crippen LogP contribution in [0.5, 0.6) is 0 Å². The predicted octanol–water partition coefficient (Wildman–Crippen LogP) is 1.66. The van der Waals surface area contributed by atoms with Gasteiger partial charge in [0.15, 0.2) is 0 Å². The second kappa shape index (κ2) is 7.53. The number of hydrogen-bond donors (Lipinski definition) is 1. The molecule has 0 aliphatic carbocycles. The molecule has 1 aromatic heterocycles. The van der Waals surface area contributed by atoms with Gasteiger partial charge in [-0.3, -0.25) is 14.6 Å². The van der Waals surface area contributed by atoms with E-state index in [0.29, 0.717) is 18.7 Å². The van der Waals surface area contributed by atoms with Gasteiger partial charge in [-0.1, -0.05) is 6.92 Å². The van der Waals surface area contributed by atoms with Gasteiger partial charge in [0.2, 0.25) is 5.91 Å². The highest BCUT2D eigenvalue weighted by molar-refractivity contribution is 5.95. The van der Waals surface area contributed by atoms with E-state index in [1.807, 2.05) is 7.05 Å². The van der Waals surface area contributed by atoms with E-state index in [1.54, 1.807) is 34.3 Å². The summed E-state index contributed by atoms with van der Waals surface area (Å²) in [7, 11) is 1.84. The van der Waals surface area contributed by atoms with Crippen molar-refractivity contribution >= 4 is 17.8 Å². The number of likely N-dealkylation sites (tertiary alicyclic amines) is 2. The quantitative estimate of drug-likeness (QED) is 0.791. The van der Waals surface area contributed by atoms with Crippen LogP contribution >= 0.6 is 0 Å². The summed E-state index contributed by atoms with van der Waals surface area (Å²) in [6.07, 6.45) is -0.999. The molecular weight excluding hydrogens is 367 g/mol. The number of carboxylic acid groups (broad SMARTS) is 1. The zero-order valence-electron chi connectivity index (χ0n) is 14.9. The summed E-state index contributed by atoms with van der Waals surface area (Å²) in [4.78, 5) is 41.4. The fourth-order valence-electron chi connectivity index (χ4n) is 3.45. The Bertz CT molecular complexity index is 726. The van der Waals surface area contributed by atoms with Crippen molar-refractivity contribution in [2.75, 3.05) is 26.7 Å². The van der Waals surface area contributed by atoms with Crippen molar-refractivity contribution < 1.29 is 32.7 Å². The molecule has 3 rings (SSSR count). The number of amides is 2. The highest BCUT2D eigenvalue weighted by atomic mass is 19.4. The first-order chi connectivity index (χ1) is 12.5. The van der Waals surface area contributed by atoms with Crippen LogP contribution in [-0.4, -0.2) is 70.5 Å². The van der Waals surface area contributed by atoms with Crippen LogP contribution in [0.2, 0.25) is 0 Å². The van der Waals surface area contributed by atoms with E-state index in [2.05, 4.69) is 11.9 Å². The molecule has 2 aliphatic heterocycles. The molecule has 0 radical (unpaired) electrons. The number of carbonyl (C=O) groups is 3. The lowest BCUT2D eigenvalue weighted by molar-refractivity contribution is -0.192. The smallest absolute Gasteiger partial charge is 0.475 e. The average Bonchev–Trinajstić information content (AvgIpc) is 3.10. The average molecular weight is 387 g/mol. The number of rotatable bonds is 1. The van der Waals surface area contributed by atoms with Crippen LogP contribution in [0.4, 0.5) is 13.2 Å². The van der Waals surface area contributed by atoms with E-state index in [-0.39, 0.29) is 23.1 Å². The zero-order valence-corrected chi connectivity index (χ0v) is 14.9. The molecule has 3 heterocycles. The van der Waals surface area contributed by atoms with E-state index in [0.717, 1.165) is 13.0 Å². The number of pyridine rings is 1. The van der Waals surface area contributed by atoms with Gasteiger partial charge in [-0.15, -0.1) is 0 Å². The molecule has 7 nitrogen and oxygen atoms in total. The minimum atomic E-state index is -5.08. The largest absolute Gasteiger partial charge is 0.490 e. The summed E-state index contributed by atoms with van der Waals surface area (Å²) in [5.74, 6) is -2.39. The molecule has 10 heteroatoms. The molecule has 1 spiro atoms. The summed E-state index contributed by atoms with van der Waals surface area (Å²) < 4.78 is 31.7. The minimum absolute atomic E-state index is 0.0239. The maximum Gasteiger partial charge on any atom is 0.490 e. The molecular formula is C17H20F3N3O4. The second-order valence-corrected chi connectivity index (χ2v) is 6.76. The van der Waals surface area contributed by atoms with Crippen LogP contribution in [-0.2, 0) is 9.59 Å². The molecule has 2 atom stereocenters. The Morgan fingerprint density at radius 1 is 1.37 bits per heavy atom. The summed E-state index contributed by atoms with van der Waals surface area (Å²) >= 11 is 0. The minimum Gasteiger partial charge on any atom is -0.475 e. The molecule has 0 bridgehead atoms. The summed E-state index contributed by atoms with van der Waals surface area (Å²) in [6.45, 7) is 4.05. The lowest BCUT2D eigenvalue weighted by Gasteiger charge is -2.25. The molecule has 0 aromatic carbocycles. The third kappa shape index (κ3) is 4.20. The van der Waals surface area contributed by atoms with Gasteiger partial charge in [0.25, 0.3) is 5.91 Å². The number of carbonyl (C=O) groups excluding carboxylic acids is 2. The van der Waals surface area contributed by atoms with Crippen molar-refractivity contribution in [3.63, 3.8) is 0 Å². The standard InChI is InChI=1S/C15H19N3O2.C2HF3O2/c1-11-9-18(13(19)12-4-3-6-16-8-12)10-15(11)5-7-17(2)14(15)20;3-2(4,5)1(6)7/h3-4,6,8,11H,5,7,9-10H2,1-2H3;(H,6,7)/t11-,15-;/m1./s1. The fraction of sp³-hybridized carbons (Fsp3) is 0.529. The van der Waals surface area contributed by atoms with E-state index in [4.69, 9.17) is 9.90 Å². The Kier molecular flexibility index (Phi) is 5.76. The third-order valence-corrected chi connectivity index (χ3v) is 5.01. The SMILES string of the molecule is C[C@@H]1CN(C(=O)c2cccnc2)C[C@]12CCN(C)C2=O.O=C(O)C(F)(F)F. The van der Waals surface area contributed by atoms with Crippen LogP contribution in [0, 0.1) is 11.3 Å². The van der Waals surface area contributed by atoms with Gasteiger partial charge >= 0.3 is 12.1 Å². The Hall–Kier alpha value is -2.65. The number of alkyl halides is 3. The molecule has 0 unspecified atom stereocenters. The highest BCUT2D eigenvalue weighted by Gasteiger charge is 2.55. The van der Waals surface area contributed by atoms with E-state index in [1.165, 1.54) is 0 Å². The first kappa shape index (κ1) is 20.7. The first-order valence-corrected chi connectivity index (χ1v) is 8.24. The predicted molar refractivity (Wildman–Crippen MR) is 87.7 cm³/mol. The molecule has 1 aromatic rings. The number of halogens is 3. The Balaban J connectivity index is 0.000000321. The number of aromatic nitrogens is 1. The molecule has 2 saturated heterocycles. The molecule has 27 heavy (non-hydrogen) atoms. The zero-order chi connectivity index (χ0) is 20.4. The van der Waals surface area contributed by atoms with Crippen LogP contribution in [0.25, 0.3) is 0 Å². The Morgan fingerprint density at radius 2 is 2.00 bits per heavy atom. The second-order valence-electron chi connectivity index (χ2n) is 6.76. The molecule has 0 saturated carbocycles. The fourth-order valence-corrected chi connectivity index (χ4v) is 3.45. The molecule has 2 fully saturated rings. The van der Waals surface area contributed by atoms with Gasteiger partial charge < -0.3 is 14.9 Å². The summed E-state index contributed by atoms with van der Waals surface area (Å²) in [5.41, 5.74) is 0.225. The van der Waals surface area contributed by atoms with Crippen LogP contribution in [0.15, 0.2) is 24.5 Å². The van der Waals surface area contributed by atoms with Crippen molar-refractivity contribution in [2.45, 2.75) is 19.5 Å². The monoisotopic (exact) mass is 387 g/mol. The van der Waals surface area contributed by atoms with Gasteiger partial charge in [0.1, 0.15) is 0 Å². The lowest BCUT2D eigenvalue weighted by atomic mass is 9.78. The van der Waals surface area contributed by atoms with Gasteiger partial charge in [-0.2, -0.15) is 13.2 Å². The summed E-state index contributed by atoms with van der Waals surface area (Å²) in [5, 5.41) is 7.12. The highest BCUT2D eigenvalue weighted by Crippen LogP contribution is 2.44. The van der Waals surface area contributed by atoms with Crippen LogP contribution in [0.1, 0.15) is 23.7 Å². The van der Waals surface area contributed by atoms with Gasteiger partial charge in [0.05, 0.1) is 11.0 Å². The number of nitrogens with zero attached hydrogens (tertiary/aromatic N) is 3. The van der Waals surface area contributed by atoms with Crippen molar-refractivity contribution in [2.24, 2.45) is 11.3 Å². The number of aliphatic carboxylic acids is 1. The first-order valence-electron chi connectivity index (χ1n) is 8.24. The number of hydrogen-bond acceptors (Lipinski definition) is 4. The van der Waals surface area contributed by atoms with Gasteiger partial charge in [-0.05, 0) is 24.5 Å². The topological polar surface area (TPSA) is 90.8 Å². The van der Waals surface area contributed by atoms with Crippen LogP contribution in [0.3, 0.4) is 0 Å². The molecule has 1 N–H and O–H groups in total. The van der Waals surface area contributed by atoms with Crippen molar-refractivity contribution in [3.05, 3.63) is 30.1 Å². The van der Waals surface area contributed by atoms with Gasteiger partial charge in [0, 0.05) is 39.1 Å². The van der Waals surface area contributed by atoms with Crippen molar-refractivity contribution in [1.29, 1.82) is 0 Å². The lowest BCUT2D eigenvalue weighted by Crippen LogP contribution is -2.39. The van der Waals surface area contributed by atoms with E-state index < -0.39 is 12.1 Å². The maximum absolute atomic E-state index is 12.5. The third-order valence-electron chi connectivity index (χ3n) is 5.01. The molecule has 2 amide bonds. The van der Waals surface area contributed by atoms with E-state index in [9.17, 15) is 22.8 Å². The Labute approximate surface area is 153 Å². The van der Waals surface area contributed by atoms with Crippen molar-refractivity contribution in [1.82, 2.24) is 14.8 Å².